The number of carbonyl (C=O) groups is 2. The Balaban J connectivity index is 2.37. The van der Waals surface area contributed by atoms with Crippen LogP contribution in [-0.2, 0) is 20.7 Å². The molecule has 1 aliphatic rings. The van der Waals surface area contributed by atoms with Crippen LogP contribution in [0, 0.1) is 23.2 Å². The molecule has 0 spiro atoms. The van der Waals surface area contributed by atoms with Gasteiger partial charge in [-0.2, -0.15) is 5.26 Å². The zero-order valence-corrected chi connectivity index (χ0v) is 20.3. The highest BCUT2D eigenvalue weighted by molar-refractivity contribution is 5.79. The topological polar surface area (TPSA) is 91.7 Å². The largest absolute Gasteiger partial charge is 0.444 e. The van der Waals surface area contributed by atoms with Gasteiger partial charge < -0.3 is 14.8 Å². The van der Waals surface area contributed by atoms with Gasteiger partial charge in [-0.15, -0.1) is 0 Å². The molecule has 0 saturated carbocycles. The molecule has 7 nitrogen and oxygen atoms in total. The Morgan fingerprint density at radius 3 is 2.41 bits per heavy atom. The number of nitrogens with one attached hydrogen (secondary N) is 1. The van der Waals surface area contributed by atoms with E-state index in [4.69, 9.17) is 14.7 Å². The van der Waals surface area contributed by atoms with Gasteiger partial charge in [-0.1, -0.05) is 44.2 Å². The Morgan fingerprint density at radius 2 is 1.88 bits per heavy atom. The van der Waals surface area contributed by atoms with Crippen LogP contribution in [-0.4, -0.2) is 46.9 Å². The van der Waals surface area contributed by atoms with E-state index in [0.717, 1.165) is 5.56 Å². The predicted molar refractivity (Wildman–Crippen MR) is 123 cm³/mol. The van der Waals surface area contributed by atoms with Crippen LogP contribution in [0.25, 0.3) is 0 Å². The van der Waals surface area contributed by atoms with Crippen molar-refractivity contribution in [2.45, 2.75) is 84.8 Å². The minimum atomic E-state index is -0.892. The van der Waals surface area contributed by atoms with Crippen LogP contribution in [0.15, 0.2) is 30.3 Å². The fourth-order valence-corrected chi connectivity index (χ4v) is 4.21. The van der Waals surface area contributed by atoms with Crippen LogP contribution in [0.5, 0.6) is 0 Å². The molecule has 0 aromatic heterocycles. The smallest absolute Gasteiger partial charge is 0.412 e. The van der Waals surface area contributed by atoms with E-state index >= 15 is 0 Å². The Labute approximate surface area is 192 Å². The number of nitrogens with zero attached hydrogens (tertiary/aromatic N) is 2. The molecule has 7 heteroatoms. The Kier molecular flexibility index (Phi) is 8.30. The first kappa shape index (κ1) is 25.7. The van der Waals surface area contributed by atoms with E-state index in [1.807, 2.05) is 84.9 Å². The fourth-order valence-electron chi connectivity index (χ4n) is 4.21. The van der Waals surface area contributed by atoms with Crippen LogP contribution in [0.4, 0.5) is 4.79 Å². The maximum Gasteiger partial charge on any atom is 0.412 e. The molecule has 1 heterocycles. The number of hydrogen-bond donors (Lipinski definition) is 1. The molecular weight excluding hydrogens is 406 g/mol. The minimum absolute atomic E-state index is 0.0312. The molecule has 0 bridgehead atoms. The third-order valence-electron chi connectivity index (χ3n) is 5.63. The average Bonchev–Trinajstić information content (AvgIpc) is 2.92. The molecule has 1 aromatic rings. The second-order valence-corrected chi connectivity index (χ2v) is 10.2. The maximum absolute atomic E-state index is 13.2. The molecule has 32 heavy (non-hydrogen) atoms. The second kappa shape index (κ2) is 10.4. The summed E-state index contributed by atoms with van der Waals surface area (Å²) in [6, 6.07) is 11.6. The van der Waals surface area contributed by atoms with Crippen molar-refractivity contribution >= 4 is 12.0 Å². The van der Waals surface area contributed by atoms with Gasteiger partial charge >= 0.3 is 6.09 Å². The zero-order chi connectivity index (χ0) is 24.1. The molecular formula is C25H37N3O4. The van der Waals surface area contributed by atoms with Gasteiger partial charge in [0, 0.05) is 5.92 Å². The first-order valence-corrected chi connectivity index (χ1v) is 11.2. The van der Waals surface area contributed by atoms with Crippen molar-refractivity contribution in [3.8, 4) is 6.07 Å². The van der Waals surface area contributed by atoms with Crippen molar-refractivity contribution in [2.75, 3.05) is 6.54 Å². The molecule has 1 N–H and O–H groups in total. The summed E-state index contributed by atoms with van der Waals surface area (Å²) in [7, 11) is 0. The van der Waals surface area contributed by atoms with Crippen LogP contribution < -0.4 is 5.32 Å². The molecule has 0 radical (unpaired) electrons. The monoisotopic (exact) mass is 443 g/mol. The molecule has 1 aromatic carbocycles. The number of rotatable bonds is 7. The van der Waals surface area contributed by atoms with Gasteiger partial charge in [0.1, 0.15) is 17.9 Å². The molecule has 1 aliphatic heterocycles. The average molecular weight is 444 g/mol. The van der Waals surface area contributed by atoms with Gasteiger partial charge in [0.25, 0.3) is 0 Å². The summed E-state index contributed by atoms with van der Waals surface area (Å²) in [5.41, 5.74) is -0.454. The highest BCUT2D eigenvalue weighted by Crippen LogP contribution is 2.38. The molecule has 0 aliphatic carbocycles. The number of carbonyl (C=O) groups excluding carboxylic acids is 2. The Hall–Kier alpha value is -2.59. The minimum Gasteiger partial charge on any atom is -0.444 e. The molecule has 176 valence electrons. The maximum atomic E-state index is 13.2. The van der Waals surface area contributed by atoms with E-state index in [9.17, 15) is 9.59 Å². The molecule has 2 rings (SSSR count). The molecule has 0 unspecified atom stereocenters. The van der Waals surface area contributed by atoms with Crippen LogP contribution in [0.2, 0.25) is 0 Å². The summed E-state index contributed by atoms with van der Waals surface area (Å²) in [6.07, 6.45) is 0.229. The lowest BCUT2D eigenvalue weighted by molar-refractivity contribution is -0.129. The van der Waals surface area contributed by atoms with Gasteiger partial charge in [0.15, 0.2) is 0 Å². The summed E-state index contributed by atoms with van der Waals surface area (Å²) in [5.74, 6) is -0.466. The van der Waals surface area contributed by atoms with E-state index in [1.165, 1.54) is 0 Å². The summed E-state index contributed by atoms with van der Waals surface area (Å²) in [5, 5.41) is 11.5. The van der Waals surface area contributed by atoms with Crippen molar-refractivity contribution < 1.29 is 19.1 Å². The summed E-state index contributed by atoms with van der Waals surface area (Å²) in [4.78, 5) is 27.6. The van der Waals surface area contributed by atoms with E-state index in [1.54, 1.807) is 4.90 Å². The number of hydrogen-bond acceptors (Lipinski definition) is 5. The molecule has 3 atom stereocenters. The molecule has 1 saturated heterocycles. The van der Waals surface area contributed by atoms with Crippen molar-refractivity contribution in [2.24, 2.45) is 11.8 Å². The summed E-state index contributed by atoms with van der Waals surface area (Å²) >= 11 is 0. The standard InChI is InChI=1S/C25H37N3O4/c1-17(2)19(22(29)27-14-13-26)16-21-20(15-18-11-9-8-10-12-18)28(25(6,7)31-21)23(30)32-24(3,4)5/h8-12,17,19-21H,14-16H2,1-7H3,(H,27,29)/t19-,20-,21-/m0/s1. The first-order valence-electron chi connectivity index (χ1n) is 11.2. The van der Waals surface area contributed by atoms with Crippen LogP contribution >= 0.6 is 0 Å². The van der Waals surface area contributed by atoms with Crippen LogP contribution in [0.1, 0.15) is 60.5 Å². The van der Waals surface area contributed by atoms with Crippen molar-refractivity contribution in [3.63, 3.8) is 0 Å². The van der Waals surface area contributed by atoms with Gasteiger partial charge in [-0.05, 0) is 58.9 Å². The van der Waals surface area contributed by atoms with Crippen LogP contribution in [0.3, 0.4) is 0 Å². The first-order chi connectivity index (χ1) is 14.9. The summed E-state index contributed by atoms with van der Waals surface area (Å²) < 4.78 is 12.1. The third-order valence-corrected chi connectivity index (χ3v) is 5.63. The second-order valence-electron chi connectivity index (χ2n) is 10.2. The summed E-state index contributed by atoms with van der Waals surface area (Å²) in [6.45, 7) is 13.2. The van der Waals surface area contributed by atoms with Crippen molar-refractivity contribution in [1.82, 2.24) is 10.2 Å². The molecule has 1 fully saturated rings. The van der Waals surface area contributed by atoms with Crippen molar-refractivity contribution in [1.29, 1.82) is 5.26 Å². The zero-order valence-electron chi connectivity index (χ0n) is 20.3. The predicted octanol–water partition coefficient (Wildman–Crippen LogP) is 4.27. The quantitative estimate of drug-likeness (QED) is 0.636. The van der Waals surface area contributed by atoms with E-state index < -0.39 is 17.4 Å². The third kappa shape index (κ3) is 6.70. The fraction of sp³-hybridized carbons (Fsp3) is 0.640. The van der Waals surface area contributed by atoms with E-state index in [0.29, 0.717) is 12.8 Å². The Bertz CT molecular complexity index is 824. The lowest BCUT2D eigenvalue weighted by Crippen LogP contribution is -2.51. The SMILES string of the molecule is CC(C)[C@H](C[C@@H]1OC(C)(C)N(C(=O)OC(C)(C)C)[C@H]1Cc1ccccc1)C(=O)NCC#N. The lowest BCUT2D eigenvalue weighted by Gasteiger charge is -2.35. The number of ether oxygens (including phenoxy) is 2. The number of benzene rings is 1. The van der Waals surface area contributed by atoms with Gasteiger partial charge in [0.2, 0.25) is 5.91 Å². The Morgan fingerprint density at radius 1 is 1.25 bits per heavy atom. The highest BCUT2D eigenvalue weighted by Gasteiger charge is 2.52. The van der Waals surface area contributed by atoms with Gasteiger partial charge in [-0.3, -0.25) is 9.69 Å². The van der Waals surface area contributed by atoms with E-state index in [2.05, 4.69) is 5.32 Å². The number of amides is 2. The van der Waals surface area contributed by atoms with E-state index in [-0.39, 0.29) is 36.4 Å². The van der Waals surface area contributed by atoms with Crippen molar-refractivity contribution in [3.05, 3.63) is 35.9 Å². The lowest BCUT2D eigenvalue weighted by atomic mass is 9.86. The highest BCUT2D eigenvalue weighted by atomic mass is 16.6. The number of nitriles is 1. The normalized spacial score (nSPS) is 21.2. The van der Waals surface area contributed by atoms with Gasteiger partial charge in [-0.25, -0.2) is 4.79 Å². The van der Waals surface area contributed by atoms with Gasteiger partial charge in [0.05, 0.1) is 18.2 Å². The molecule has 2 amide bonds.